The Morgan fingerprint density at radius 3 is 2.48 bits per heavy atom. The van der Waals surface area contributed by atoms with E-state index in [1.54, 1.807) is 24.3 Å². The van der Waals surface area contributed by atoms with Gasteiger partial charge in [-0.25, -0.2) is 4.39 Å². The number of rotatable bonds is 4. The molecular weight excluding hydrogens is 314 g/mol. The molecule has 0 aromatic heterocycles. The predicted molar refractivity (Wildman–Crippen MR) is 77.1 cm³/mol. The summed E-state index contributed by atoms with van der Waals surface area (Å²) < 4.78 is 56.1. The molecule has 0 atom stereocenters. The van der Waals surface area contributed by atoms with Crippen LogP contribution < -0.4 is 16.3 Å². The zero-order valence-corrected chi connectivity index (χ0v) is 11.8. The molecule has 0 aliphatic carbocycles. The van der Waals surface area contributed by atoms with Gasteiger partial charge < -0.3 is 16.3 Å². The minimum atomic E-state index is -4.74. The van der Waals surface area contributed by atoms with E-state index in [0.29, 0.717) is 23.3 Å². The molecule has 0 radical (unpaired) electrons. The van der Waals surface area contributed by atoms with Gasteiger partial charge in [-0.2, -0.15) is 18.3 Å². The third kappa shape index (κ3) is 4.12. The van der Waals surface area contributed by atoms with Gasteiger partial charge in [0.1, 0.15) is 24.0 Å². The maximum Gasteiger partial charge on any atom is 0.419 e. The Balaban J connectivity index is 2.11. The second kappa shape index (κ2) is 6.55. The van der Waals surface area contributed by atoms with Crippen LogP contribution in [0.1, 0.15) is 16.7 Å². The van der Waals surface area contributed by atoms with Crippen LogP contribution >= 0.6 is 0 Å². The molecule has 0 spiro atoms. The van der Waals surface area contributed by atoms with Crippen LogP contribution in [-0.4, -0.2) is 5.84 Å². The van der Waals surface area contributed by atoms with Gasteiger partial charge in [-0.3, -0.25) is 0 Å². The number of nitrogens with zero attached hydrogens (tertiary/aromatic N) is 1. The fraction of sp³-hybridized carbons (Fsp3) is 0.133. The van der Waals surface area contributed by atoms with E-state index in [0.717, 1.165) is 6.07 Å². The van der Waals surface area contributed by atoms with Crippen LogP contribution in [0.5, 0.6) is 5.75 Å². The third-order valence-electron chi connectivity index (χ3n) is 3.01. The molecule has 4 nitrogen and oxygen atoms in total. The van der Waals surface area contributed by atoms with E-state index < -0.39 is 17.6 Å². The summed E-state index contributed by atoms with van der Waals surface area (Å²) in [6, 6.07) is 9.15. The largest absolute Gasteiger partial charge is 0.489 e. The first-order chi connectivity index (χ1) is 10.8. The zero-order chi connectivity index (χ0) is 17.0. The Morgan fingerprint density at radius 2 is 1.87 bits per heavy atom. The highest BCUT2D eigenvalue weighted by molar-refractivity contribution is 5.97. The summed E-state index contributed by atoms with van der Waals surface area (Å²) in [6.45, 7) is 0.0243. The van der Waals surface area contributed by atoms with Crippen LogP contribution in [0.2, 0.25) is 0 Å². The average molecular weight is 327 g/mol. The second-order valence-electron chi connectivity index (χ2n) is 4.64. The predicted octanol–water partition coefficient (Wildman–Crippen LogP) is 3.00. The van der Waals surface area contributed by atoms with Gasteiger partial charge in [0.25, 0.3) is 0 Å². The van der Waals surface area contributed by atoms with Gasteiger partial charge in [-0.05, 0) is 23.8 Å². The number of nitrogens with two attached hydrogens (primary N) is 2. The quantitative estimate of drug-likeness (QED) is 0.298. The lowest BCUT2D eigenvalue weighted by Gasteiger charge is -2.11. The molecule has 0 heterocycles. The second-order valence-corrected chi connectivity index (χ2v) is 4.64. The van der Waals surface area contributed by atoms with E-state index in [4.69, 9.17) is 16.3 Å². The number of alkyl halides is 3. The molecule has 2 aromatic carbocycles. The number of ether oxygens (including phenoxy) is 1. The molecule has 0 saturated carbocycles. The SMILES string of the molecule is N/N=C(\N)c1cccc(COc2ccc(C(F)(F)F)c(F)c2)c1. The van der Waals surface area contributed by atoms with E-state index >= 15 is 0 Å². The third-order valence-corrected chi connectivity index (χ3v) is 3.01. The number of benzene rings is 2. The summed E-state index contributed by atoms with van der Waals surface area (Å²) >= 11 is 0. The highest BCUT2D eigenvalue weighted by atomic mass is 19.4. The van der Waals surface area contributed by atoms with Gasteiger partial charge in [-0.1, -0.05) is 18.2 Å². The lowest BCUT2D eigenvalue weighted by Crippen LogP contribution is -2.15. The summed E-state index contributed by atoms with van der Waals surface area (Å²) in [7, 11) is 0. The van der Waals surface area contributed by atoms with Crippen LogP contribution in [0, 0.1) is 5.82 Å². The highest BCUT2D eigenvalue weighted by Crippen LogP contribution is 2.32. The van der Waals surface area contributed by atoms with Crippen molar-refractivity contribution in [3.05, 3.63) is 65.0 Å². The standard InChI is InChI=1S/C15H13F4N3O/c16-13-7-11(4-5-12(13)15(17,18)19)23-8-9-2-1-3-10(6-9)14(20)22-21/h1-7H,8,21H2,(H2,20,22). The monoisotopic (exact) mass is 327 g/mol. The van der Waals surface area contributed by atoms with Crippen molar-refractivity contribution in [1.82, 2.24) is 0 Å². The molecular formula is C15H13F4N3O. The van der Waals surface area contributed by atoms with Crippen LogP contribution in [0.3, 0.4) is 0 Å². The fourth-order valence-corrected chi connectivity index (χ4v) is 1.88. The lowest BCUT2D eigenvalue weighted by molar-refractivity contribution is -0.140. The summed E-state index contributed by atoms with van der Waals surface area (Å²) in [5.74, 6) is 3.82. The first-order valence-electron chi connectivity index (χ1n) is 6.43. The Morgan fingerprint density at radius 1 is 1.13 bits per heavy atom. The van der Waals surface area contributed by atoms with Gasteiger partial charge in [-0.15, -0.1) is 0 Å². The first kappa shape index (κ1) is 16.6. The van der Waals surface area contributed by atoms with Gasteiger partial charge in [0.2, 0.25) is 0 Å². The Labute approximate surface area is 129 Å². The molecule has 8 heteroatoms. The van der Waals surface area contributed by atoms with Crippen molar-refractivity contribution in [1.29, 1.82) is 0 Å². The van der Waals surface area contributed by atoms with E-state index in [2.05, 4.69) is 5.10 Å². The van der Waals surface area contributed by atoms with Crippen molar-refractivity contribution >= 4 is 5.84 Å². The van der Waals surface area contributed by atoms with Crippen LogP contribution in [0.15, 0.2) is 47.6 Å². The molecule has 0 saturated heterocycles. The van der Waals surface area contributed by atoms with E-state index in [1.165, 1.54) is 0 Å². The summed E-state index contributed by atoms with van der Waals surface area (Å²) in [6.07, 6.45) is -4.74. The van der Waals surface area contributed by atoms with E-state index in [-0.39, 0.29) is 18.2 Å². The van der Waals surface area contributed by atoms with Crippen LogP contribution in [-0.2, 0) is 12.8 Å². The van der Waals surface area contributed by atoms with E-state index in [1.807, 2.05) is 0 Å². The first-order valence-corrected chi connectivity index (χ1v) is 6.43. The number of halogens is 4. The number of hydrogen-bond acceptors (Lipinski definition) is 3. The van der Waals surface area contributed by atoms with Crippen molar-refractivity contribution in [2.45, 2.75) is 12.8 Å². The smallest absolute Gasteiger partial charge is 0.419 e. The van der Waals surface area contributed by atoms with Crippen molar-refractivity contribution in [2.75, 3.05) is 0 Å². The van der Waals surface area contributed by atoms with Crippen molar-refractivity contribution in [3.8, 4) is 5.75 Å². The van der Waals surface area contributed by atoms with Gasteiger partial charge in [0.15, 0.2) is 0 Å². The molecule has 4 N–H and O–H groups in total. The van der Waals surface area contributed by atoms with Crippen LogP contribution in [0.25, 0.3) is 0 Å². The molecule has 0 aliphatic rings. The molecule has 0 unspecified atom stereocenters. The van der Waals surface area contributed by atoms with Gasteiger partial charge in [0.05, 0.1) is 5.56 Å². The molecule has 2 aromatic rings. The Kier molecular flexibility index (Phi) is 4.73. The molecule has 0 bridgehead atoms. The average Bonchev–Trinajstić information content (AvgIpc) is 2.51. The minimum Gasteiger partial charge on any atom is -0.489 e. The van der Waals surface area contributed by atoms with Crippen molar-refractivity contribution in [2.24, 2.45) is 16.7 Å². The maximum absolute atomic E-state index is 13.4. The minimum absolute atomic E-state index is 0.0126. The van der Waals surface area contributed by atoms with Crippen molar-refractivity contribution < 1.29 is 22.3 Å². The summed E-state index contributed by atoms with van der Waals surface area (Å²) in [5.41, 5.74) is 5.49. The van der Waals surface area contributed by atoms with Gasteiger partial charge >= 0.3 is 6.18 Å². The van der Waals surface area contributed by atoms with Gasteiger partial charge in [0, 0.05) is 11.6 Å². The molecule has 23 heavy (non-hydrogen) atoms. The highest BCUT2D eigenvalue weighted by Gasteiger charge is 2.34. The molecule has 122 valence electrons. The zero-order valence-electron chi connectivity index (χ0n) is 11.8. The number of hydrazone groups is 1. The summed E-state index contributed by atoms with van der Waals surface area (Å²) in [4.78, 5) is 0. The topological polar surface area (TPSA) is 73.6 Å². The van der Waals surface area contributed by atoms with E-state index in [9.17, 15) is 17.6 Å². The number of hydrogen-bond donors (Lipinski definition) is 2. The normalized spacial score (nSPS) is 12.3. The lowest BCUT2D eigenvalue weighted by atomic mass is 10.1. The molecule has 2 rings (SSSR count). The number of amidine groups is 1. The fourth-order valence-electron chi connectivity index (χ4n) is 1.88. The van der Waals surface area contributed by atoms with Crippen molar-refractivity contribution in [3.63, 3.8) is 0 Å². The summed E-state index contributed by atoms with van der Waals surface area (Å²) in [5, 5.41) is 3.36. The maximum atomic E-state index is 13.4. The molecule has 0 amide bonds. The molecule has 0 fully saturated rings. The van der Waals surface area contributed by atoms with Crippen LogP contribution in [0.4, 0.5) is 17.6 Å². The Hall–Kier alpha value is -2.77. The Bertz CT molecular complexity index is 729. The molecule has 0 aliphatic heterocycles.